The van der Waals surface area contributed by atoms with E-state index in [1.807, 2.05) is 41.0 Å². The number of hydrogen-bond donors (Lipinski definition) is 0. The van der Waals surface area contributed by atoms with Crippen LogP contribution in [-0.4, -0.2) is 19.9 Å². The van der Waals surface area contributed by atoms with Gasteiger partial charge in [0.25, 0.3) is 0 Å². The molecule has 0 amide bonds. The van der Waals surface area contributed by atoms with Crippen LogP contribution in [0.25, 0.3) is 108 Å². The fourth-order valence-electron chi connectivity index (χ4n) is 7.85. The van der Waals surface area contributed by atoms with Gasteiger partial charge in [0.05, 0.1) is 0 Å². The molecule has 4 heterocycles. The van der Waals surface area contributed by atoms with Gasteiger partial charge in [0, 0.05) is 75.0 Å². The second-order valence-electron chi connectivity index (χ2n) is 14.4. The number of fused-ring (bicyclic) bond motifs is 6. The molecule has 0 fully saturated rings. The van der Waals surface area contributed by atoms with E-state index in [2.05, 4.69) is 164 Å². The Bertz CT molecular complexity index is 3190. The number of aromatic nitrogens is 4. The quantitative estimate of drug-likeness (QED) is 0.169. The van der Waals surface area contributed by atoms with Gasteiger partial charge < -0.3 is 0 Å². The predicted octanol–water partition coefficient (Wildman–Crippen LogP) is 14.3. The Balaban J connectivity index is 1.14. The Morgan fingerprint density at radius 2 is 0.860 bits per heavy atom. The molecule has 0 saturated heterocycles. The molecular weight excluding hydrogens is 733 g/mol. The summed E-state index contributed by atoms with van der Waals surface area (Å²) in [5.74, 6) is 1.88. The number of aryl methyl sites for hydroxylation is 1. The van der Waals surface area contributed by atoms with Gasteiger partial charge in [-0.05, 0) is 107 Å². The van der Waals surface area contributed by atoms with Crippen LogP contribution in [0.5, 0.6) is 0 Å². The van der Waals surface area contributed by atoms with Gasteiger partial charge in [-0.3, -0.25) is 4.98 Å². The predicted molar refractivity (Wildman–Crippen MR) is 241 cm³/mol. The van der Waals surface area contributed by atoms with Crippen LogP contribution in [0, 0.1) is 6.92 Å². The highest BCUT2D eigenvalue weighted by atomic mass is 32.1. The van der Waals surface area contributed by atoms with Crippen LogP contribution in [0.2, 0.25) is 0 Å². The van der Waals surface area contributed by atoms with Crippen molar-refractivity contribution in [3.63, 3.8) is 0 Å². The summed E-state index contributed by atoms with van der Waals surface area (Å²) in [7, 11) is 0. The third-order valence-electron chi connectivity index (χ3n) is 10.7. The second-order valence-corrected chi connectivity index (χ2v) is 16.5. The van der Waals surface area contributed by atoms with E-state index in [9.17, 15) is 0 Å². The molecule has 0 spiro atoms. The SMILES string of the molecule is Cc1ccccc1-c1nc(-c2cccc(-c3cccnc3)c2)nc(-c2cc(-c3ccc4sc5ccccc5c4c3)cc(-c3ccc4sc5ccccc5c4c3)c2)n1. The third-order valence-corrected chi connectivity index (χ3v) is 13.1. The molecule has 11 aromatic rings. The van der Waals surface area contributed by atoms with E-state index >= 15 is 0 Å². The summed E-state index contributed by atoms with van der Waals surface area (Å²) in [6.45, 7) is 2.11. The molecule has 0 bridgehead atoms. The minimum atomic E-state index is 0.619. The van der Waals surface area contributed by atoms with E-state index < -0.39 is 0 Å². The third kappa shape index (κ3) is 6.07. The normalized spacial score (nSPS) is 11.6. The summed E-state index contributed by atoms with van der Waals surface area (Å²) < 4.78 is 5.16. The van der Waals surface area contributed by atoms with Crippen LogP contribution in [0.15, 0.2) is 176 Å². The van der Waals surface area contributed by atoms with Crippen LogP contribution in [0.3, 0.4) is 0 Å². The van der Waals surface area contributed by atoms with Gasteiger partial charge in [-0.2, -0.15) is 0 Å². The molecule has 0 N–H and O–H groups in total. The molecule has 57 heavy (non-hydrogen) atoms. The standard InChI is InChI=1S/C51H32N4S2/c1-31-10-2-3-14-40(31)51-54-49(35-12-8-11-32(24-35)36-13-9-23-52-30-36)53-50(55-51)39-26-37(33-19-21-47-43(28-33)41-15-4-6-17-45(41)56-47)25-38(27-39)34-20-22-48-44(29-34)42-16-5-7-18-46(42)57-48/h2-30H,1H3. The lowest BCUT2D eigenvalue weighted by molar-refractivity contribution is 1.07. The molecule has 0 radical (unpaired) electrons. The first-order valence-corrected chi connectivity index (χ1v) is 20.6. The lowest BCUT2D eigenvalue weighted by atomic mass is 9.94. The van der Waals surface area contributed by atoms with Gasteiger partial charge in [0.1, 0.15) is 0 Å². The average Bonchev–Trinajstić information content (AvgIpc) is 3.84. The van der Waals surface area contributed by atoms with Crippen molar-refractivity contribution < 1.29 is 0 Å². The minimum absolute atomic E-state index is 0.619. The van der Waals surface area contributed by atoms with Crippen LogP contribution < -0.4 is 0 Å². The Hall–Kier alpha value is -6.86. The lowest BCUT2D eigenvalue weighted by Gasteiger charge is -2.14. The van der Waals surface area contributed by atoms with Crippen molar-refractivity contribution >= 4 is 63.0 Å². The minimum Gasteiger partial charge on any atom is -0.264 e. The van der Waals surface area contributed by atoms with Crippen LogP contribution in [0.1, 0.15) is 5.56 Å². The molecule has 6 heteroatoms. The number of hydrogen-bond acceptors (Lipinski definition) is 6. The van der Waals surface area contributed by atoms with Gasteiger partial charge >= 0.3 is 0 Å². The van der Waals surface area contributed by atoms with Crippen molar-refractivity contribution in [2.24, 2.45) is 0 Å². The van der Waals surface area contributed by atoms with Crippen molar-refractivity contribution in [1.82, 2.24) is 19.9 Å². The van der Waals surface area contributed by atoms with Crippen molar-refractivity contribution in [2.45, 2.75) is 6.92 Å². The zero-order chi connectivity index (χ0) is 37.9. The maximum atomic E-state index is 5.26. The summed E-state index contributed by atoms with van der Waals surface area (Å²) in [6.07, 6.45) is 3.68. The fourth-order valence-corrected chi connectivity index (χ4v) is 10.0. The van der Waals surface area contributed by atoms with Crippen LogP contribution in [0.4, 0.5) is 0 Å². The zero-order valence-corrected chi connectivity index (χ0v) is 32.5. The molecule has 4 aromatic heterocycles. The highest BCUT2D eigenvalue weighted by Crippen LogP contribution is 2.41. The Kier molecular flexibility index (Phi) is 8.05. The molecular formula is C51H32N4S2. The summed E-state index contributed by atoms with van der Waals surface area (Å²) in [6, 6.07) is 58.5. The first-order chi connectivity index (χ1) is 28.1. The van der Waals surface area contributed by atoms with E-state index in [1.54, 1.807) is 6.20 Å². The van der Waals surface area contributed by atoms with Gasteiger partial charge in [-0.1, -0.05) is 97.1 Å². The van der Waals surface area contributed by atoms with Crippen molar-refractivity contribution in [1.29, 1.82) is 0 Å². The Labute approximate surface area is 337 Å². The first kappa shape index (κ1) is 33.5. The van der Waals surface area contributed by atoms with Gasteiger partial charge in [-0.25, -0.2) is 15.0 Å². The molecule has 268 valence electrons. The molecule has 0 aliphatic carbocycles. The zero-order valence-electron chi connectivity index (χ0n) is 30.8. The molecule has 11 rings (SSSR count). The van der Waals surface area contributed by atoms with E-state index in [4.69, 9.17) is 15.0 Å². The smallest absolute Gasteiger partial charge is 0.164 e. The molecule has 0 atom stereocenters. The van der Waals surface area contributed by atoms with Gasteiger partial charge in [0.15, 0.2) is 17.5 Å². The summed E-state index contributed by atoms with van der Waals surface area (Å²) >= 11 is 3.68. The monoisotopic (exact) mass is 764 g/mol. The van der Waals surface area contributed by atoms with Crippen molar-refractivity contribution in [2.75, 3.05) is 0 Å². The Morgan fingerprint density at radius 3 is 1.51 bits per heavy atom. The van der Waals surface area contributed by atoms with Crippen molar-refractivity contribution in [3.05, 3.63) is 182 Å². The molecule has 0 saturated carbocycles. The number of thiophene rings is 2. The van der Waals surface area contributed by atoms with E-state index in [1.165, 1.54) is 40.3 Å². The largest absolute Gasteiger partial charge is 0.264 e. The highest BCUT2D eigenvalue weighted by molar-refractivity contribution is 7.26. The van der Waals surface area contributed by atoms with E-state index in [0.717, 1.165) is 55.6 Å². The molecule has 0 aliphatic rings. The molecule has 7 aromatic carbocycles. The maximum Gasteiger partial charge on any atom is 0.164 e. The summed E-state index contributed by atoms with van der Waals surface area (Å²) in [5.41, 5.74) is 10.5. The van der Waals surface area contributed by atoms with Gasteiger partial charge in [-0.15, -0.1) is 22.7 Å². The van der Waals surface area contributed by atoms with E-state index in [-0.39, 0.29) is 0 Å². The molecule has 0 aliphatic heterocycles. The summed E-state index contributed by atoms with van der Waals surface area (Å²) in [4.78, 5) is 20.0. The fraction of sp³-hybridized carbons (Fsp3) is 0.0196. The number of pyridine rings is 1. The van der Waals surface area contributed by atoms with E-state index in [0.29, 0.717) is 17.5 Å². The maximum absolute atomic E-state index is 5.26. The van der Waals surface area contributed by atoms with Crippen LogP contribution in [-0.2, 0) is 0 Å². The first-order valence-electron chi connectivity index (χ1n) is 18.9. The lowest BCUT2D eigenvalue weighted by Crippen LogP contribution is -2.01. The van der Waals surface area contributed by atoms with Crippen LogP contribution >= 0.6 is 22.7 Å². The highest BCUT2D eigenvalue weighted by Gasteiger charge is 2.18. The molecule has 0 unspecified atom stereocenters. The number of rotatable bonds is 6. The number of nitrogens with zero attached hydrogens (tertiary/aromatic N) is 4. The summed E-state index contributed by atoms with van der Waals surface area (Å²) in [5, 5.41) is 5.10. The Morgan fingerprint density at radius 1 is 0.351 bits per heavy atom. The second kappa shape index (κ2) is 13.7. The topological polar surface area (TPSA) is 51.6 Å². The van der Waals surface area contributed by atoms with Crippen molar-refractivity contribution in [3.8, 4) is 67.5 Å². The van der Waals surface area contributed by atoms with Gasteiger partial charge in [0.2, 0.25) is 0 Å². The number of benzene rings is 7. The average molecular weight is 765 g/mol. The molecule has 4 nitrogen and oxygen atoms in total.